The third kappa shape index (κ3) is 6.44. The van der Waals surface area contributed by atoms with Crippen molar-refractivity contribution in [1.29, 1.82) is 0 Å². The molecule has 0 saturated carbocycles. The Morgan fingerprint density at radius 3 is 2.52 bits per heavy atom. The van der Waals surface area contributed by atoms with E-state index in [1.165, 1.54) is 0 Å². The lowest BCUT2D eigenvalue weighted by Gasteiger charge is -2.34. The van der Waals surface area contributed by atoms with Crippen LogP contribution in [0.4, 0.5) is 0 Å². The summed E-state index contributed by atoms with van der Waals surface area (Å²) in [4.78, 5) is 27.7. The second-order valence-corrected chi connectivity index (χ2v) is 5.98. The third-order valence-corrected chi connectivity index (χ3v) is 3.81. The van der Waals surface area contributed by atoms with E-state index in [2.05, 4.69) is 17.3 Å². The van der Waals surface area contributed by atoms with Crippen LogP contribution in [0.2, 0.25) is 0 Å². The van der Waals surface area contributed by atoms with Crippen LogP contribution in [0.3, 0.4) is 0 Å². The highest BCUT2D eigenvalue weighted by Crippen LogP contribution is 2.14. The second kappa shape index (κ2) is 9.00. The van der Waals surface area contributed by atoms with Gasteiger partial charge in [-0.3, -0.25) is 9.59 Å². The molecule has 0 radical (unpaired) electrons. The molecule has 122 valence electrons. The molecule has 1 aliphatic heterocycles. The van der Waals surface area contributed by atoms with Crippen molar-refractivity contribution in [2.24, 2.45) is 0 Å². The molecule has 0 aromatic carbocycles. The van der Waals surface area contributed by atoms with Crippen LogP contribution in [-0.2, 0) is 14.3 Å². The SMILES string of the molecule is CC(C)OCCCNC(=O)C(=O)N(C)C1CCN(C)CC1. The van der Waals surface area contributed by atoms with E-state index in [4.69, 9.17) is 4.74 Å². The molecular weight excluding hydrogens is 270 g/mol. The van der Waals surface area contributed by atoms with E-state index in [9.17, 15) is 9.59 Å². The van der Waals surface area contributed by atoms with Gasteiger partial charge in [-0.1, -0.05) is 0 Å². The van der Waals surface area contributed by atoms with Gasteiger partial charge in [0.2, 0.25) is 0 Å². The minimum atomic E-state index is -0.513. The Hall–Kier alpha value is -1.14. The Kier molecular flexibility index (Phi) is 7.67. The number of nitrogens with one attached hydrogen (secondary N) is 1. The van der Waals surface area contributed by atoms with Gasteiger partial charge in [0.25, 0.3) is 0 Å². The summed E-state index contributed by atoms with van der Waals surface area (Å²) in [7, 11) is 3.80. The van der Waals surface area contributed by atoms with Gasteiger partial charge in [0.05, 0.1) is 6.10 Å². The lowest BCUT2D eigenvalue weighted by Crippen LogP contribution is -2.49. The van der Waals surface area contributed by atoms with Crippen molar-refractivity contribution in [3.05, 3.63) is 0 Å². The van der Waals surface area contributed by atoms with E-state index in [1.54, 1.807) is 11.9 Å². The van der Waals surface area contributed by atoms with Crippen molar-refractivity contribution in [3.8, 4) is 0 Å². The molecule has 0 aromatic heterocycles. The molecule has 1 saturated heterocycles. The Morgan fingerprint density at radius 1 is 1.33 bits per heavy atom. The molecule has 0 atom stereocenters. The predicted molar refractivity (Wildman–Crippen MR) is 82.0 cm³/mol. The van der Waals surface area contributed by atoms with Gasteiger partial charge in [-0.15, -0.1) is 0 Å². The van der Waals surface area contributed by atoms with Gasteiger partial charge in [-0.25, -0.2) is 0 Å². The fourth-order valence-corrected chi connectivity index (χ4v) is 2.38. The number of nitrogens with zero attached hydrogens (tertiary/aromatic N) is 2. The molecule has 0 aliphatic carbocycles. The number of carbonyl (C=O) groups excluding carboxylic acids is 2. The van der Waals surface area contributed by atoms with Crippen LogP contribution in [0.1, 0.15) is 33.1 Å². The van der Waals surface area contributed by atoms with E-state index in [1.807, 2.05) is 13.8 Å². The van der Waals surface area contributed by atoms with Gasteiger partial charge in [0.15, 0.2) is 0 Å². The average Bonchev–Trinajstić information content (AvgIpc) is 2.45. The molecule has 6 nitrogen and oxygen atoms in total. The van der Waals surface area contributed by atoms with Crippen molar-refractivity contribution >= 4 is 11.8 Å². The maximum absolute atomic E-state index is 12.1. The zero-order valence-electron chi connectivity index (χ0n) is 13.7. The van der Waals surface area contributed by atoms with E-state index in [0.29, 0.717) is 13.2 Å². The van der Waals surface area contributed by atoms with Crippen molar-refractivity contribution in [1.82, 2.24) is 15.1 Å². The number of piperidine rings is 1. The van der Waals surface area contributed by atoms with E-state index < -0.39 is 11.8 Å². The zero-order chi connectivity index (χ0) is 15.8. The van der Waals surface area contributed by atoms with Gasteiger partial charge < -0.3 is 19.9 Å². The lowest BCUT2D eigenvalue weighted by atomic mass is 10.0. The Balaban J connectivity index is 2.25. The lowest BCUT2D eigenvalue weighted by molar-refractivity contribution is -0.146. The molecule has 21 heavy (non-hydrogen) atoms. The highest BCUT2D eigenvalue weighted by Gasteiger charge is 2.27. The normalized spacial score (nSPS) is 17.0. The van der Waals surface area contributed by atoms with Crippen LogP contribution in [0.15, 0.2) is 0 Å². The van der Waals surface area contributed by atoms with Gasteiger partial charge in [0.1, 0.15) is 0 Å². The van der Waals surface area contributed by atoms with Crippen molar-refractivity contribution in [3.63, 3.8) is 0 Å². The van der Waals surface area contributed by atoms with Gasteiger partial charge >= 0.3 is 11.8 Å². The quantitative estimate of drug-likeness (QED) is 0.572. The minimum absolute atomic E-state index is 0.170. The molecule has 0 spiro atoms. The number of rotatable bonds is 6. The molecule has 1 heterocycles. The van der Waals surface area contributed by atoms with E-state index >= 15 is 0 Å². The summed E-state index contributed by atoms with van der Waals surface area (Å²) in [5, 5.41) is 2.66. The minimum Gasteiger partial charge on any atom is -0.379 e. The Labute approximate surface area is 127 Å². The number of likely N-dealkylation sites (N-methyl/N-ethyl adjacent to an activating group) is 1. The second-order valence-electron chi connectivity index (χ2n) is 5.98. The molecular formula is C15H29N3O3. The van der Waals surface area contributed by atoms with Gasteiger partial charge in [-0.05, 0) is 53.2 Å². The van der Waals surface area contributed by atoms with Gasteiger partial charge in [-0.2, -0.15) is 0 Å². The summed E-state index contributed by atoms with van der Waals surface area (Å²) in [6.07, 6.45) is 2.76. The molecule has 2 amide bonds. The first-order chi connectivity index (χ1) is 9.91. The van der Waals surface area contributed by atoms with Crippen molar-refractivity contribution in [2.45, 2.75) is 45.3 Å². The highest BCUT2D eigenvalue weighted by atomic mass is 16.5. The maximum atomic E-state index is 12.1. The topological polar surface area (TPSA) is 61.9 Å². The van der Waals surface area contributed by atoms with Crippen LogP contribution in [-0.4, -0.2) is 74.1 Å². The highest BCUT2D eigenvalue weighted by molar-refractivity contribution is 6.35. The summed E-state index contributed by atoms with van der Waals surface area (Å²) in [5.74, 6) is -0.949. The van der Waals surface area contributed by atoms with E-state index in [-0.39, 0.29) is 12.1 Å². The Morgan fingerprint density at radius 2 is 1.95 bits per heavy atom. The number of ether oxygens (including phenoxy) is 1. The van der Waals surface area contributed by atoms with Crippen LogP contribution < -0.4 is 5.32 Å². The van der Waals surface area contributed by atoms with Crippen LogP contribution in [0, 0.1) is 0 Å². The molecule has 0 unspecified atom stereocenters. The fraction of sp³-hybridized carbons (Fsp3) is 0.867. The van der Waals surface area contributed by atoms with Crippen molar-refractivity contribution in [2.75, 3.05) is 40.3 Å². The monoisotopic (exact) mass is 299 g/mol. The van der Waals surface area contributed by atoms with Crippen molar-refractivity contribution < 1.29 is 14.3 Å². The Bertz CT molecular complexity index is 339. The molecule has 1 fully saturated rings. The predicted octanol–water partition coefficient (Wildman–Crippen LogP) is 0.470. The molecule has 1 N–H and O–H groups in total. The molecule has 0 bridgehead atoms. The standard InChI is InChI=1S/C15H29N3O3/c1-12(2)21-11-5-8-16-14(19)15(20)18(4)13-6-9-17(3)10-7-13/h12-13H,5-11H2,1-4H3,(H,16,19). The summed E-state index contributed by atoms with van der Waals surface area (Å²) < 4.78 is 5.39. The summed E-state index contributed by atoms with van der Waals surface area (Å²) in [5.41, 5.74) is 0. The van der Waals surface area contributed by atoms with Gasteiger partial charge in [0, 0.05) is 26.2 Å². The first kappa shape index (κ1) is 17.9. The number of amides is 2. The number of hydrogen-bond acceptors (Lipinski definition) is 4. The first-order valence-corrected chi connectivity index (χ1v) is 7.77. The largest absolute Gasteiger partial charge is 0.379 e. The average molecular weight is 299 g/mol. The molecule has 6 heteroatoms. The fourth-order valence-electron chi connectivity index (χ4n) is 2.38. The summed E-state index contributed by atoms with van der Waals surface area (Å²) >= 11 is 0. The smallest absolute Gasteiger partial charge is 0.311 e. The summed E-state index contributed by atoms with van der Waals surface area (Å²) in [6.45, 7) is 6.94. The van der Waals surface area contributed by atoms with E-state index in [0.717, 1.165) is 32.4 Å². The molecule has 1 rings (SSSR count). The number of hydrogen-bond donors (Lipinski definition) is 1. The number of carbonyl (C=O) groups is 2. The molecule has 0 aromatic rings. The van der Waals surface area contributed by atoms with Crippen LogP contribution in [0.25, 0.3) is 0 Å². The first-order valence-electron chi connectivity index (χ1n) is 7.77. The van der Waals surface area contributed by atoms with Crippen LogP contribution in [0.5, 0.6) is 0 Å². The third-order valence-electron chi connectivity index (χ3n) is 3.81. The van der Waals surface area contributed by atoms with Crippen LogP contribution >= 0.6 is 0 Å². The number of likely N-dealkylation sites (tertiary alicyclic amines) is 1. The summed E-state index contributed by atoms with van der Waals surface area (Å²) in [6, 6.07) is 0.170. The maximum Gasteiger partial charge on any atom is 0.311 e. The molecule has 1 aliphatic rings. The zero-order valence-corrected chi connectivity index (χ0v) is 13.7.